The van der Waals surface area contributed by atoms with Crippen LogP contribution in [-0.2, 0) is 6.54 Å². The number of piperazine rings is 1. The molecule has 49 heavy (non-hydrogen) atoms. The van der Waals surface area contributed by atoms with Crippen molar-refractivity contribution >= 4 is 48.3 Å². The van der Waals surface area contributed by atoms with Gasteiger partial charge >= 0.3 is 0 Å². The minimum atomic E-state index is -0.0318. The van der Waals surface area contributed by atoms with E-state index in [-0.39, 0.29) is 5.84 Å². The van der Waals surface area contributed by atoms with Crippen LogP contribution in [0.25, 0.3) is 5.57 Å². The van der Waals surface area contributed by atoms with Crippen LogP contribution < -0.4 is 26.2 Å². The van der Waals surface area contributed by atoms with Crippen molar-refractivity contribution in [2.45, 2.75) is 51.2 Å². The molecule has 258 valence electrons. The molecule has 2 aliphatic heterocycles. The molecular weight excluding hydrogens is 623 g/mol. The molecular formula is C40H53N8P. The summed E-state index contributed by atoms with van der Waals surface area (Å²) in [6, 6.07) is 26.0. The van der Waals surface area contributed by atoms with Crippen LogP contribution in [0.2, 0.25) is 0 Å². The Morgan fingerprint density at radius 1 is 0.939 bits per heavy atom. The molecule has 0 aromatic heterocycles. The first-order valence-corrected chi connectivity index (χ1v) is 18.6. The first-order chi connectivity index (χ1) is 23.9. The molecule has 2 saturated heterocycles. The van der Waals surface area contributed by atoms with Gasteiger partial charge in [0.2, 0.25) is 0 Å². The van der Waals surface area contributed by atoms with E-state index in [9.17, 15) is 0 Å². The van der Waals surface area contributed by atoms with Crippen molar-refractivity contribution in [3.63, 3.8) is 0 Å². The standard InChI is InChI=1S/C40H53N8P/c1-4-5-9-30(2)45-28-33-26-36(16-17-39(33)49-29-44-3)48-24-22-47(23-25-48)35-18-20-46(21-19-35)34-14-12-31(13-15-34)37(40(42)43)27-38(41)32-10-7-6-8-11-32/h4,6-8,10-17,26-27,29-30,35,41,45,49H,1,5,9,18-25,28H2,2-3H3,(H3,42,43)/b37-27-,41-38?,44-29?. The summed E-state index contributed by atoms with van der Waals surface area (Å²) in [6.07, 6.45) is 8.14. The van der Waals surface area contributed by atoms with Crippen LogP contribution in [-0.4, -0.2) is 80.8 Å². The minimum absolute atomic E-state index is 0.0318. The molecule has 2 unspecified atom stereocenters. The van der Waals surface area contributed by atoms with Crippen LogP contribution in [0.15, 0.2) is 96.5 Å². The highest BCUT2D eigenvalue weighted by atomic mass is 31.1. The smallest absolute Gasteiger partial charge is 0.123 e. The summed E-state index contributed by atoms with van der Waals surface area (Å²) in [5, 5.41) is 21.7. The molecule has 5 N–H and O–H groups in total. The summed E-state index contributed by atoms with van der Waals surface area (Å²) in [7, 11) is 2.44. The number of nitrogens with zero attached hydrogens (tertiary/aromatic N) is 4. The van der Waals surface area contributed by atoms with E-state index in [0.717, 1.165) is 82.6 Å². The number of nitrogens with two attached hydrogens (primary N) is 1. The summed E-state index contributed by atoms with van der Waals surface area (Å²) >= 11 is 0. The van der Waals surface area contributed by atoms with Gasteiger partial charge in [0.25, 0.3) is 0 Å². The number of aliphatic imine (C=N–C) groups is 1. The number of nitrogens with one attached hydrogen (secondary N) is 3. The van der Waals surface area contributed by atoms with Crippen molar-refractivity contribution in [1.82, 2.24) is 10.2 Å². The molecule has 0 saturated carbocycles. The Hall–Kier alpha value is -4.10. The van der Waals surface area contributed by atoms with E-state index in [2.05, 4.69) is 68.8 Å². The Morgan fingerprint density at radius 2 is 1.61 bits per heavy atom. The molecule has 0 aliphatic carbocycles. The van der Waals surface area contributed by atoms with Gasteiger partial charge in [-0.15, -0.1) is 6.58 Å². The number of hydrogen-bond donors (Lipinski definition) is 4. The Balaban J connectivity index is 1.14. The second-order valence-electron chi connectivity index (χ2n) is 13.1. The predicted octanol–water partition coefficient (Wildman–Crippen LogP) is 6.27. The Labute approximate surface area is 295 Å². The van der Waals surface area contributed by atoms with E-state index in [1.807, 2.05) is 61.5 Å². The zero-order valence-corrected chi connectivity index (χ0v) is 30.2. The molecule has 2 heterocycles. The number of allylic oxidation sites excluding steroid dienone is 2. The van der Waals surface area contributed by atoms with E-state index >= 15 is 0 Å². The second kappa shape index (κ2) is 18.1. The summed E-state index contributed by atoms with van der Waals surface area (Å²) in [4.78, 5) is 12.0. The number of piperidine rings is 1. The number of rotatable bonds is 15. The van der Waals surface area contributed by atoms with Gasteiger partial charge in [-0.1, -0.05) is 54.6 Å². The third-order valence-corrected chi connectivity index (χ3v) is 10.9. The van der Waals surface area contributed by atoms with E-state index in [1.165, 1.54) is 22.2 Å². The van der Waals surface area contributed by atoms with Gasteiger partial charge in [0.15, 0.2) is 0 Å². The molecule has 5 rings (SSSR count). The Morgan fingerprint density at radius 3 is 2.27 bits per heavy atom. The highest BCUT2D eigenvalue weighted by molar-refractivity contribution is 7.63. The molecule has 8 nitrogen and oxygen atoms in total. The van der Waals surface area contributed by atoms with Gasteiger partial charge in [-0.25, -0.2) is 0 Å². The van der Waals surface area contributed by atoms with Crippen molar-refractivity contribution in [3.8, 4) is 0 Å². The number of anilines is 2. The molecule has 0 amide bonds. The second-order valence-corrected chi connectivity index (χ2v) is 14.1. The molecule has 0 bridgehead atoms. The number of amidine groups is 1. The van der Waals surface area contributed by atoms with Gasteiger partial charge in [-0.2, -0.15) is 0 Å². The van der Waals surface area contributed by atoms with Crippen LogP contribution in [0.3, 0.4) is 0 Å². The maximum Gasteiger partial charge on any atom is 0.123 e. The van der Waals surface area contributed by atoms with Crippen LogP contribution >= 0.6 is 8.58 Å². The summed E-state index contributed by atoms with van der Waals surface area (Å²) in [6.45, 7) is 13.4. The number of hydrogen-bond acceptors (Lipinski definition) is 7. The summed E-state index contributed by atoms with van der Waals surface area (Å²) in [5.74, 6) is 2.00. The normalized spacial score (nSPS) is 17.2. The lowest BCUT2D eigenvalue weighted by atomic mass is 9.99. The molecule has 2 aliphatic rings. The SMILES string of the molecule is C=CCCC(C)NCc1cc(N2CCN(C3CCN(c4ccc(/C(=C/C(=N)c5ccccc5)C(=N)N)cc4)CC3)CC2)ccc1PC=NC. The third-order valence-electron chi connectivity index (χ3n) is 9.75. The minimum Gasteiger partial charge on any atom is -0.384 e. The topological polar surface area (TPSA) is 108 Å². The van der Waals surface area contributed by atoms with Crippen LogP contribution in [0.4, 0.5) is 11.4 Å². The number of benzene rings is 3. The highest BCUT2D eigenvalue weighted by Gasteiger charge is 2.28. The highest BCUT2D eigenvalue weighted by Crippen LogP contribution is 2.27. The van der Waals surface area contributed by atoms with Gasteiger partial charge in [-0.05, 0) is 93.5 Å². The van der Waals surface area contributed by atoms with Crippen LogP contribution in [0.1, 0.15) is 49.3 Å². The maximum absolute atomic E-state index is 8.49. The predicted molar refractivity (Wildman–Crippen MR) is 213 cm³/mol. The lowest BCUT2D eigenvalue weighted by Gasteiger charge is -2.44. The molecule has 3 aromatic carbocycles. The third kappa shape index (κ3) is 9.98. The molecule has 2 atom stereocenters. The van der Waals surface area contributed by atoms with Gasteiger partial charge in [-0.3, -0.25) is 15.3 Å². The fraction of sp³-hybridized carbons (Fsp3) is 0.375. The van der Waals surface area contributed by atoms with Crippen molar-refractivity contribution in [3.05, 3.63) is 108 Å². The van der Waals surface area contributed by atoms with E-state index in [1.54, 1.807) is 6.08 Å². The van der Waals surface area contributed by atoms with E-state index in [4.69, 9.17) is 16.6 Å². The maximum atomic E-state index is 8.49. The van der Waals surface area contributed by atoms with Gasteiger partial charge in [0.05, 0.1) is 5.71 Å². The zero-order chi connectivity index (χ0) is 34.6. The van der Waals surface area contributed by atoms with E-state index < -0.39 is 0 Å². The summed E-state index contributed by atoms with van der Waals surface area (Å²) in [5.41, 5.74) is 12.4. The average Bonchev–Trinajstić information content (AvgIpc) is 3.15. The van der Waals surface area contributed by atoms with Crippen molar-refractivity contribution in [1.29, 1.82) is 10.8 Å². The van der Waals surface area contributed by atoms with Crippen molar-refractivity contribution in [2.24, 2.45) is 10.7 Å². The quantitative estimate of drug-likeness (QED) is 0.0657. The lowest BCUT2D eigenvalue weighted by molar-refractivity contribution is 0.160. The lowest BCUT2D eigenvalue weighted by Crippen LogP contribution is -2.53. The van der Waals surface area contributed by atoms with Gasteiger partial charge in [0.1, 0.15) is 5.84 Å². The molecule has 9 heteroatoms. The average molecular weight is 677 g/mol. The first-order valence-electron chi connectivity index (χ1n) is 17.5. The molecule has 2 fully saturated rings. The zero-order valence-electron chi connectivity index (χ0n) is 29.2. The van der Waals surface area contributed by atoms with Crippen molar-refractivity contribution in [2.75, 3.05) is 56.1 Å². The van der Waals surface area contributed by atoms with Gasteiger partial charge in [0, 0.05) is 87.8 Å². The van der Waals surface area contributed by atoms with Gasteiger partial charge < -0.3 is 26.3 Å². The molecule has 0 spiro atoms. The van der Waals surface area contributed by atoms with Crippen LogP contribution in [0, 0.1) is 10.8 Å². The summed E-state index contributed by atoms with van der Waals surface area (Å²) < 4.78 is 0. The monoisotopic (exact) mass is 676 g/mol. The molecule has 0 radical (unpaired) electrons. The first kappa shape index (κ1) is 36.2. The Bertz CT molecular complexity index is 1600. The largest absolute Gasteiger partial charge is 0.384 e. The van der Waals surface area contributed by atoms with E-state index in [0.29, 0.717) is 31.9 Å². The Kier molecular flexibility index (Phi) is 13.3. The fourth-order valence-electron chi connectivity index (χ4n) is 6.80. The van der Waals surface area contributed by atoms with Crippen LogP contribution in [0.5, 0.6) is 0 Å². The fourth-order valence-corrected chi connectivity index (χ4v) is 7.59. The van der Waals surface area contributed by atoms with Crippen molar-refractivity contribution < 1.29 is 0 Å². The molecule has 3 aromatic rings.